The van der Waals surface area contributed by atoms with E-state index in [1.807, 2.05) is 0 Å². The zero-order valence-corrected chi connectivity index (χ0v) is 20.0. The third-order valence-corrected chi connectivity index (χ3v) is 5.97. The van der Waals surface area contributed by atoms with Gasteiger partial charge >= 0.3 is 12.1 Å². The Kier molecular flexibility index (Phi) is 6.27. The van der Waals surface area contributed by atoms with Gasteiger partial charge < -0.3 is 9.57 Å². The maximum atomic E-state index is 14.4. The number of rotatable bonds is 4. The molecule has 0 N–H and O–H groups in total. The smallest absolute Gasteiger partial charge is 0.435 e. The highest BCUT2D eigenvalue weighted by Crippen LogP contribution is 2.46. The first-order valence-electron chi connectivity index (χ1n) is 10.7. The molecule has 1 atom stereocenters. The van der Waals surface area contributed by atoms with Crippen LogP contribution in [0.2, 0.25) is 0 Å². The Morgan fingerprint density at radius 2 is 1.58 bits per heavy atom. The van der Waals surface area contributed by atoms with Crippen molar-refractivity contribution in [2.45, 2.75) is 12.2 Å². The Morgan fingerprint density at radius 3 is 2.22 bits per heavy atom. The minimum atomic E-state index is -4.82. The van der Waals surface area contributed by atoms with E-state index in [-0.39, 0.29) is 17.0 Å². The molecule has 0 aliphatic carbocycles. The molecule has 1 unspecified atom stereocenters. The standard InChI is InChI=1S/C26H17BrF3N3O3/c27-19-13-11-17(12-14-19)22-21-23(26(28,29)30)31-33(20-9-5-2-6-10-20)24(21)35-16-15-32(22)36-25(34)18-7-3-1-4-8-18/h1-16,22H. The van der Waals surface area contributed by atoms with Crippen molar-refractivity contribution in [2.75, 3.05) is 0 Å². The highest BCUT2D eigenvalue weighted by atomic mass is 79.9. The van der Waals surface area contributed by atoms with Gasteiger partial charge in [-0.2, -0.15) is 28.0 Å². The number of benzene rings is 3. The van der Waals surface area contributed by atoms with Gasteiger partial charge in [-0.25, -0.2) is 4.79 Å². The Labute approximate surface area is 212 Å². The molecule has 0 saturated heterocycles. The summed E-state index contributed by atoms with van der Waals surface area (Å²) in [6.45, 7) is 0. The lowest BCUT2D eigenvalue weighted by Gasteiger charge is -2.28. The van der Waals surface area contributed by atoms with Crippen LogP contribution in [0.25, 0.3) is 5.69 Å². The molecule has 0 saturated carbocycles. The number of nitrogens with zero attached hydrogens (tertiary/aromatic N) is 3. The van der Waals surface area contributed by atoms with Gasteiger partial charge in [0.05, 0.1) is 23.0 Å². The third kappa shape index (κ3) is 4.59. The number of para-hydroxylation sites is 1. The number of fused-ring (bicyclic) bond motifs is 1. The molecular weight excluding hydrogens is 539 g/mol. The lowest BCUT2D eigenvalue weighted by atomic mass is 9.98. The van der Waals surface area contributed by atoms with Gasteiger partial charge in [0.1, 0.15) is 12.3 Å². The summed E-state index contributed by atoms with van der Waals surface area (Å²) in [6, 6.07) is 22.0. The zero-order chi connectivity index (χ0) is 25.3. The number of halogens is 4. The highest BCUT2D eigenvalue weighted by molar-refractivity contribution is 9.10. The van der Waals surface area contributed by atoms with E-state index in [4.69, 9.17) is 9.57 Å². The van der Waals surface area contributed by atoms with E-state index in [1.165, 1.54) is 6.20 Å². The quantitative estimate of drug-likeness (QED) is 0.281. The van der Waals surface area contributed by atoms with Crippen LogP contribution in [0.4, 0.5) is 13.2 Å². The Morgan fingerprint density at radius 1 is 0.944 bits per heavy atom. The summed E-state index contributed by atoms with van der Waals surface area (Å²) in [5, 5.41) is 4.95. The van der Waals surface area contributed by atoms with Crippen LogP contribution in [0.3, 0.4) is 0 Å². The van der Waals surface area contributed by atoms with E-state index in [0.29, 0.717) is 11.3 Å². The average Bonchev–Trinajstić information content (AvgIpc) is 3.16. The van der Waals surface area contributed by atoms with E-state index in [0.717, 1.165) is 20.5 Å². The van der Waals surface area contributed by atoms with Crippen molar-refractivity contribution in [3.8, 4) is 11.6 Å². The van der Waals surface area contributed by atoms with Crippen LogP contribution in [0.1, 0.15) is 33.2 Å². The minimum Gasteiger partial charge on any atom is -0.445 e. The highest BCUT2D eigenvalue weighted by Gasteiger charge is 2.45. The maximum absolute atomic E-state index is 14.4. The minimum absolute atomic E-state index is 0.143. The van der Waals surface area contributed by atoms with Crippen LogP contribution in [0.5, 0.6) is 5.88 Å². The van der Waals surface area contributed by atoms with Gasteiger partial charge in [-0.3, -0.25) is 0 Å². The maximum Gasteiger partial charge on any atom is 0.435 e. The van der Waals surface area contributed by atoms with Crippen molar-refractivity contribution >= 4 is 21.9 Å². The summed E-state index contributed by atoms with van der Waals surface area (Å²) in [5.74, 6) is -0.884. The summed E-state index contributed by atoms with van der Waals surface area (Å²) in [5.41, 5.74) is -0.407. The largest absolute Gasteiger partial charge is 0.445 e. The summed E-state index contributed by atoms with van der Waals surface area (Å²) in [6.07, 6.45) is -2.37. The molecule has 1 aliphatic heterocycles. The van der Waals surface area contributed by atoms with Gasteiger partial charge in [-0.15, -0.1) is 0 Å². The molecule has 5 rings (SSSR count). The predicted molar refractivity (Wildman–Crippen MR) is 128 cm³/mol. The molecule has 2 heterocycles. The first kappa shape index (κ1) is 23.7. The number of hydrogen-bond donors (Lipinski definition) is 0. The van der Waals surface area contributed by atoms with E-state index < -0.39 is 23.9 Å². The monoisotopic (exact) mass is 555 g/mol. The number of aromatic nitrogens is 2. The number of hydrogen-bond acceptors (Lipinski definition) is 5. The molecule has 3 aromatic carbocycles. The summed E-state index contributed by atoms with van der Waals surface area (Å²) >= 11 is 3.35. The SMILES string of the molecule is O=C(ON1C=COc2c(c(C(F)(F)F)nn2-c2ccccc2)C1c1ccc(Br)cc1)c1ccccc1. The topological polar surface area (TPSA) is 56.6 Å². The van der Waals surface area contributed by atoms with E-state index in [9.17, 15) is 18.0 Å². The molecule has 36 heavy (non-hydrogen) atoms. The van der Waals surface area contributed by atoms with Crippen molar-refractivity contribution < 1.29 is 27.5 Å². The normalized spacial score (nSPS) is 15.1. The molecule has 1 aromatic heterocycles. The second-order valence-electron chi connectivity index (χ2n) is 7.77. The molecule has 4 aromatic rings. The van der Waals surface area contributed by atoms with Crippen LogP contribution in [0, 0.1) is 0 Å². The van der Waals surface area contributed by atoms with Crippen LogP contribution in [-0.4, -0.2) is 20.8 Å². The predicted octanol–water partition coefficient (Wildman–Crippen LogP) is 6.68. The van der Waals surface area contributed by atoms with Gasteiger partial charge in [-0.1, -0.05) is 64.5 Å². The molecule has 0 radical (unpaired) electrons. The van der Waals surface area contributed by atoms with Crippen molar-refractivity contribution in [3.63, 3.8) is 0 Å². The molecule has 10 heteroatoms. The fourth-order valence-electron chi connectivity index (χ4n) is 3.86. The second-order valence-corrected chi connectivity index (χ2v) is 8.69. The van der Waals surface area contributed by atoms with Gasteiger partial charge in [0.15, 0.2) is 5.69 Å². The second kappa shape index (κ2) is 9.54. The first-order chi connectivity index (χ1) is 17.3. The van der Waals surface area contributed by atoms with E-state index in [2.05, 4.69) is 21.0 Å². The molecule has 0 spiro atoms. The molecule has 1 aliphatic rings. The van der Waals surface area contributed by atoms with Crippen molar-refractivity contribution in [3.05, 3.63) is 124 Å². The van der Waals surface area contributed by atoms with Crippen LogP contribution >= 0.6 is 15.9 Å². The van der Waals surface area contributed by atoms with Crippen molar-refractivity contribution in [1.82, 2.24) is 14.8 Å². The average molecular weight is 556 g/mol. The van der Waals surface area contributed by atoms with E-state index >= 15 is 0 Å². The van der Waals surface area contributed by atoms with Gasteiger partial charge in [0.2, 0.25) is 5.88 Å². The van der Waals surface area contributed by atoms with Crippen LogP contribution in [-0.2, 0) is 11.0 Å². The molecule has 6 nitrogen and oxygen atoms in total. The Hall–Kier alpha value is -4.05. The van der Waals surface area contributed by atoms with E-state index in [1.54, 1.807) is 84.9 Å². The number of ether oxygens (including phenoxy) is 1. The van der Waals surface area contributed by atoms with Crippen LogP contribution in [0.15, 0.2) is 102 Å². The number of hydroxylamine groups is 2. The van der Waals surface area contributed by atoms with Crippen molar-refractivity contribution in [2.24, 2.45) is 0 Å². The third-order valence-electron chi connectivity index (χ3n) is 5.45. The molecule has 0 bridgehead atoms. The fraction of sp³-hybridized carbons (Fsp3) is 0.0769. The van der Waals surface area contributed by atoms with Crippen LogP contribution < -0.4 is 4.74 Å². The summed E-state index contributed by atoms with van der Waals surface area (Å²) < 4.78 is 50.6. The zero-order valence-electron chi connectivity index (χ0n) is 18.4. The summed E-state index contributed by atoms with van der Waals surface area (Å²) in [4.78, 5) is 18.5. The number of alkyl halides is 3. The molecule has 182 valence electrons. The fourth-order valence-corrected chi connectivity index (χ4v) is 4.13. The lowest BCUT2D eigenvalue weighted by molar-refractivity contribution is -0.144. The lowest BCUT2D eigenvalue weighted by Crippen LogP contribution is -2.29. The Balaban J connectivity index is 1.70. The number of carbonyl (C=O) groups is 1. The van der Waals surface area contributed by atoms with Gasteiger partial charge in [0.25, 0.3) is 0 Å². The molecule has 0 fully saturated rings. The number of carbonyl (C=O) groups excluding carboxylic acids is 1. The molecule has 0 amide bonds. The van der Waals surface area contributed by atoms with Gasteiger partial charge in [-0.05, 0) is 42.0 Å². The first-order valence-corrected chi connectivity index (χ1v) is 11.5. The molecular formula is C26H17BrF3N3O3. The van der Waals surface area contributed by atoms with Crippen molar-refractivity contribution in [1.29, 1.82) is 0 Å². The summed E-state index contributed by atoms with van der Waals surface area (Å²) in [7, 11) is 0. The van der Waals surface area contributed by atoms with Gasteiger partial charge in [0, 0.05) is 4.47 Å². The Bertz CT molecular complexity index is 1410.